The summed E-state index contributed by atoms with van der Waals surface area (Å²) in [7, 11) is 0. The molecule has 0 aliphatic rings. The van der Waals surface area contributed by atoms with Gasteiger partial charge in [0.05, 0.1) is 18.6 Å². The monoisotopic (exact) mass is 314 g/mol. The van der Waals surface area contributed by atoms with Crippen LogP contribution in [0.15, 0.2) is 12.3 Å². The summed E-state index contributed by atoms with van der Waals surface area (Å²) >= 11 is 6.02. The lowest BCUT2D eigenvalue weighted by Gasteiger charge is -2.13. The van der Waals surface area contributed by atoms with E-state index in [-0.39, 0.29) is 22.9 Å². The minimum Gasteiger partial charge on any atom is -0.481 e. The maximum Gasteiger partial charge on any atom is 0.305 e. The van der Waals surface area contributed by atoms with E-state index in [0.717, 1.165) is 0 Å². The van der Waals surface area contributed by atoms with E-state index >= 15 is 0 Å². The molecule has 21 heavy (non-hydrogen) atoms. The van der Waals surface area contributed by atoms with E-state index < -0.39 is 17.9 Å². The number of carbonyl (C=O) groups excluding carboxylic acids is 1. The number of rotatable bonds is 7. The molecule has 0 bridgehead atoms. The van der Waals surface area contributed by atoms with Gasteiger partial charge in [0.2, 0.25) is 5.88 Å². The Bertz CT molecular complexity index is 520. The van der Waals surface area contributed by atoms with Gasteiger partial charge in [0, 0.05) is 12.2 Å². The second-order valence-corrected chi connectivity index (χ2v) is 5.60. The van der Waals surface area contributed by atoms with Crippen LogP contribution in [0.1, 0.15) is 37.6 Å². The summed E-state index contributed by atoms with van der Waals surface area (Å²) < 4.78 is 5.41. The van der Waals surface area contributed by atoms with E-state index in [2.05, 4.69) is 10.3 Å². The minimum absolute atomic E-state index is 0.150. The molecule has 6 nitrogen and oxygen atoms in total. The molecule has 1 heterocycles. The van der Waals surface area contributed by atoms with E-state index in [1.165, 1.54) is 12.3 Å². The normalized spacial score (nSPS) is 12.0. The van der Waals surface area contributed by atoms with Crippen molar-refractivity contribution in [1.82, 2.24) is 10.3 Å². The molecule has 0 radical (unpaired) electrons. The standard InChI is InChI=1S/C14H19ClN2O4/c1-8(2)7-21-14-11(15)5-10(6-16-14)13(20)17-9(3)4-12(18)19/h5-6,8-9H,4,7H2,1-3H3,(H,17,20)(H,18,19). The van der Waals surface area contributed by atoms with Gasteiger partial charge in [-0.05, 0) is 18.9 Å². The van der Waals surface area contributed by atoms with Gasteiger partial charge in [0.1, 0.15) is 5.02 Å². The first-order valence-corrected chi connectivity index (χ1v) is 6.98. The van der Waals surface area contributed by atoms with E-state index in [4.69, 9.17) is 21.4 Å². The number of aliphatic carboxylic acids is 1. The second-order valence-electron chi connectivity index (χ2n) is 5.19. The highest BCUT2D eigenvalue weighted by molar-refractivity contribution is 6.32. The fraction of sp³-hybridized carbons (Fsp3) is 0.500. The van der Waals surface area contributed by atoms with Crippen LogP contribution in [0.4, 0.5) is 0 Å². The number of amides is 1. The molecule has 0 spiro atoms. The van der Waals surface area contributed by atoms with Crippen LogP contribution in [0, 0.1) is 5.92 Å². The van der Waals surface area contributed by atoms with Gasteiger partial charge < -0.3 is 15.2 Å². The average molecular weight is 315 g/mol. The number of carbonyl (C=O) groups is 2. The van der Waals surface area contributed by atoms with E-state index in [1.807, 2.05) is 13.8 Å². The number of carboxylic acids is 1. The van der Waals surface area contributed by atoms with Crippen LogP contribution in [-0.2, 0) is 4.79 Å². The molecular weight excluding hydrogens is 296 g/mol. The Kier molecular flexibility index (Phi) is 6.42. The highest BCUT2D eigenvalue weighted by Gasteiger charge is 2.15. The number of aromatic nitrogens is 1. The summed E-state index contributed by atoms with van der Waals surface area (Å²) in [4.78, 5) is 26.5. The van der Waals surface area contributed by atoms with Gasteiger partial charge in [-0.3, -0.25) is 9.59 Å². The molecule has 7 heteroatoms. The van der Waals surface area contributed by atoms with Gasteiger partial charge in [-0.25, -0.2) is 4.98 Å². The number of ether oxygens (including phenoxy) is 1. The third-order valence-electron chi connectivity index (χ3n) is 2.48. The summed E-state index contributed by atoms with van der Waals surface area (Å²) in [6.45, 7) is 6.09. The first-order chi connectivity index (χ1) is 9.79. The van der Waals surface area contributed by atoms with Crippen molar-refractivity contribution < 1.29 is 19.4 Å². The first-order valence-electron chi connectivity index (χ1n) is 6.60. The molecule has 1 unspecified atom stereocenters. The fourth-order valence-electron chi connectivity index (χ4n) is 1.52. The molecular formula is C14H19ClN2O4. The SMILES string of the molecule is CC(C)COc1ncc(C(=O)NC(C)CC(=O)O)cc1Cl. The predicted molar refractivity (Wildman–Crippen MR) is 78.8 cm³/mol. The van der Waals surface area contributed by atoms with Crippen molar-refractivity contribution in [2.24, 2.45) is 5.92 Å². The van der Waals surface area contributed by atoms with Gasteiger partial charge in [-0.15, -0.1) is 0 Å². The molecule has 1 aromatic rings. The van der Waals surface area contributed by atoms with Crippen molar-refractivity contribution in [3.8, 4) is 5.88 Å². The lowest BCUT2D eigenvalue weighted by molar-refractivity contribution is -0.137. The molecule has 0 saturated heterocycles. The van der Waals surface area contributed by atoms with Crippen LogP contribution in [-0.4, -0.2) is 34.6 Å². The molecule has 0 aliphatic carbocycles. The Balaban J connectivity index is 2.69. The quantitative estimate of drug-likeness (QED) is 0.806. The average Bonchev–Trinajstić information content (AvgIpc) is 2.35. The highest BCUT2D eigenvalue weighted by atomic mass is 35.5. The van der Waals surface area contributed by atoms with Crippen molar-refractivity contribution in [2.45, 2.75) is 33.2 Å². The number of halogens is 1. The molecule has 1 amide bonds. The third kappa shape index (κ3) is 5.99. The Morgan fingerprint density at radius 3 is 2.62 bits per heavy atom. The van der Waals surface area contributed by atoms with Crippen LogP contribution in [0.2, 0.25) is 5.02 Å². The third-order valence-corrected chi connectivity index (χ3v) is 2.75. The number of hydrogen-bond acceptors (Lipinski definition) is 4. The van der Waals surface area contributed by atoms with E-state index in [1.54, 1.807) is 6.92 Å². The Labute approximate surface area is 128 Å². The zero-order valence-electron chi connectivity index (χ0n) is 12.2. The summed E-state index contributed by atoms with van der Waals surface area (Å²) in [6, 6.07) is 0.971. The molecule has 1 atom stereocenters. The second kappa shape index (κ2) is 7.83. The van der Waals surface area contributed by atoms with Gasteiger partial charge in [0.25, 0.3) is 5.91 Å². The first kappa shape index (κ1) is 17.2. The van der Waals surface area contributed by atoms with Crippen LogP contribution < -0.4 is 10.1 Å². The Hall–Kier alpha value is -1.82. The fourth-order valence-corrected chi connectivity index (χ4v) is 1.74. The van der Waals surface area contributed by atoms with Crippen LogP contribution in [0.3, 0.4) is 0 Å². The maximum atomic E-state index is 11.9. The van der Waals surface area contributed by atoms with Gasteiger partial charge in [0.15, 0.2) is 0 Å². The molecule has 2 N–H and O–H groups in total. The lowest BCUT2D eigenvalue weighted by atomic mass is 10.2. The smallest absolute Gasteiger partial charge is 0.305 e. The van der Waals surface area contributed by atoms with Gasteiger partial charge in [-0.1, -0.05) is 25.4 Å². The summed E-state index contributed by atoms with van der Waals surface area (Å²) in [5, 5.41) is 11.5. The lowest BCUT2D eigenvalue weighted by Crippen LogP contribution is -2.34. The molecule has 116 valence electrons. The minimum atomic E-state index is -0.976. The number of pyridine rings is 1. The van der Waals surface area contributed by atoms with Crippen molar-refractivity contribution in [2.75, 3.05) is 6.61 Å². The van der Waals surface area contributed by atoms with Crippen molar-refractivity contribution >= 4 is 23.5 Å². The highest BCUT2D eigenvalue weighted by Crippen LogP contribution is 2.23. The Morgan fingerprint density at radius 1 is 1.43 bits per heavy atom. The molecule has 1 rings (SSSR count). The number of nitrogens with one attached hydrogen (secondary N) is 1. The van der Waals surface area contributed by atoms with Crippen LogP contribution >= 0.6 is 11.6 Å². The van der Waals surface area contributed by atoms with Crippen molar-refractivity contribution in [3.05, 3.63) is 22.8 Å². The van der Waals surface area contributed by atoms with Gasteiger partial charge >= 0.3 is 5.97 Å². The molecule has 1 aromatic heterocycles. The molecule has 0 aliphatic heterocycles. The largest absolute Gasteiger partial charge is 0.481 e. The van der Waals surface area contributed by atoms with Gasteiger partial charge in [-0.2, -0.15) is 0 Å². The van der Waals surface area contributed by atoms with Crippen LogP contribution in [0.25, 0.3) is 0 Å². The Morgan fingerprint density at radius 2 is 2.10 bits per heavy atom. The molecule has 0 aromatic carbocycles. The van der Waals surface area contributed by atoms with E-state index in [9.17, 15) is 9.59 Å². The summed E-state index contributed by atoms with van der Waals surface area (Å²) in [5.74, 6) is -0.784. The van der Waals surface area contributed by atoms with Crippen molar-refractivity contribution in [3.63, 3.8) is 0 Å². The summed E-state index contributed by atoms with van der Waals surface area (Å²) in [5.41, 5.74) is 0.258. The number of hydrogen-bond donors (Lipinski definition) is 2. The number of nitrogens with zero attached hydrogens (tertiary/aromatic N) is 1. The van der Waals surface area contributed by atoms with E-state index in [0.29, 0.717) is 12.5 Å². The topological polar surface area (TPSA) is 88.5 Å². The van der Waals surface area contributed by atoms with Crippen molar-refractivity contribution in [1.29, 1.82) is 0 Å². The maximum absolute atomic E-state index is 11.9. The molecule has 0 fully saturated rings. The zero-order valence-corrected chi connectivity index (χ0v) is 13.0. The molecule has 0 saturated carbocycles. The zero-order chi connectivity index (χ0) is 16.0. The summed E-state index contributed by atoms with van der Waals surface area (Å²) in [6.07, 6.45) is 1.20. The van der Waals surface area contributed by atoms with Crippen LogP contribution in [0.5, 0.6) is 5.88 Å². The number of carboxylic acid groups (broad SMARTS) is 1. The predicted octanol–water partition coefficient (Wildman–Crippen LogP) is 2.36.